The molecule has 39 heteroatoms. The second-order valence-corrected chi connectivity index (χ2v) is 34.8. The fourth-order valence-corrected chi connectivity index (χ4v) is 21.0. The first-order valence-corrected chi connectivity index (χ1v) is 39.3. The van der Waals surface area contributed by atoms with Crippen molar-refractivity contribution >= 4 is 5.97 Å². The van der Waals surface area contributed by atoms with Crippen molar-refractivity contribution in [2.45, 2.75) is 339 Å². The molecule has 45 atom stereocenters. The third kappa shape index (κ3) is 15.8. The number of aliphatic hydroxyl groups is 22. The van der Waals surface area contributed by atoms with Crippen LogP contribution >= 0.6 is 0 Å². The highest BCUT2D eigenvalue weighted by Gasteiger charge is 2.71. The van der Waals surface area contributed by atoms with E-state index in [-0.39, 0.29) is 22.7 Å². The van der Waals surface area contributed by atoms with E-state index < -0.39 is 308 Å². The molecule has 8 aliphatic heterocycles. The molecule has 39 nitrogen and oxygen atoms in total. The molecule has 0 aromatic rings. The van der Waals surface area contributed by atoms with E-state index in [1.807, 2.05) is 0 Å². The number of rotatable bonds is 20. The monoisotopic (exact) mass is 1630 g/mol. The summed E-state index contributed by atoms with van der Waals surface area (Å²) in [5.74, 6) is -1.09. The molecule has 648 valence electrons. The molecule has 113 heavy (non-hydrogen) atoms. The third-order valence-corrected chi connectivity index (χ3v) is 28.0. The molecule has 45 unspecified atom stereocenters. The van der Waals surface area contributed by atoms with Crippen molar-refractivity contribution in [2.75, 3.05) is 46.2 Å². The van der Waals surface area contributed by atoms with Crippen molar-refractivity contribution in [1.29, 1.82) is 0 Å². The minimum absolute atomic E-state index is 0.0337. The van der Waals surface area contributed by atoms with Crippen LogP contribution < -0.4 is 0 Å². The molecule has 8 heterocycles. The number of hydrogen-bond acceptors (Lipinski definition) is 39. The topological polar surface area (TPSA) is 610 Å². The number of carbonyl (C=O) groups excluding carboxylic acids is 1. The lowest BCUT2D eigenvalue weighted by atomic mass is 9.34. The van der Waals surface area contributed by atoms with Gasteiger partial charge in [0.25, 0.3) is 0 Å². The number of carbonyl (C=O) groups is 1. The van der Waals surface area contributed by atoms with Gasteiger partial charge in [-0.15, -0.1) is 0 Å². The molecule has 0 aromatic heterocycles. The summed E-state index contributed by atoms with van der Waals surface area (Å²) in [6.45, 7) is 12.0. The molecule has 13 rings (SSSR count). The molecule has 4 saturated carbocycles. The SMILES string of the molecule is C=C1CCC2(C(=O)OC3OC(COC4OC(CO)C(OC5OC(C)C(O)C(O)C5O)C(O)C4O)C(O)C(O)C3O)CCC3(C)C(=CCC4C5(C)CCC(OC6OCC(O)C(OC7OC(CO)C(OC8OC(CO)C(O)C(OC9OCC(O)C(O)C9O)C8O)C(O)C7O)C6OC6OCC(O)C(O)C6O)C(C)(C)C5CCC43C)C2C1. The normalized spacial score (nSPS) is 54.2. The predicted octanol–water partition coefficient (Wildman–Crippen LogP) is -8.26. The fraction of sp³-hybridized carbons (Fsp3) is 0.932. The quantitative estimate of drug-likeness (QED) is 0.0306. The Morgan fingerprint density at radius 1 is 0.442 bits per heavy atom. The van der Waals surface area contributed by atoms with Crippen molar-refractivity contribution in [2.24, 2.45) is 44.8 Å². The molecule has 22 N–H and O–H groups in total. The van der Waals surface area contributed by atoms with E-state index >= 15 is 4.79 Å². The Morgan fingerprint density at radius 2 is 0.938 bits per heavy atom. The molecule has 13 aliphatic rings. The van der Waals surface area contributed by atoms with E-state index in [0.717, 1.165) is 17.6 Å². The maximum Gasteiger partial charge on any atom is 0.315 e. The van der Waals surface area contributed by atoms with E-state index in [0.29, 0.717) is 57.8 Å². The van der Waals surface area contributed by atoms with Gasteiger partial charge in [-0.25, -0.2) is 0 Å². The number of fused-ring (bicyclic) bond motifs is 7. The van der Waals surface area contributed by atoms with Gasteiger partial charge in [-0.05, 0) is 105 Å². The van der Waals surface area contributed by atoms with E-state index in [1.165, 1.54) is 6.92 Å². The average Bonchev–Trinajstić information content (AvgIpc) is 0.675. The Kier molecular flexibility index (Phi) is 26.9. The summed E-state index contributed by atoms with van der Waals surface area (Å²) in [6, 6.07) is 0. The van der Waals surface area contributed by atoms with Crippen LogP contribution in [0.2, 0.25) is 0 Å². The molecular weight excluding hydrogens is 1510 g/mol. The first-order chi connectivity index (χ1) is 53.3. The smallest absolute Gasteiger partial charge is 0.315 e. The molecule has 0 radical (unpaired) electrons. The van der Waals surface area contributed by atoms with Gasteiger partial charge in [-0.2, -0.15) is 0 Å². The van der Waals surface area contributed by atoms with Crippen LogP contribution in [0.15, 0.2) is 23.8 Å². The zero-order chi connectivity index (χ0) is 81.9. The van der Waals surface area contributed by atoms with Crippen LogP contribution in [0.1, 0.15) is 106 Å². The van der Waals surface area contributed by atoms with E-state index in [9.17, 15) is 112 Å². The Labute approximate surface area is 650 Å². The second kappa shape index (κ2) is 34.4. The number of hydrogen-bond donors (Lipinski definition) is 22. The van der Waals surface area contributed by atoms with Crippen molar-refractivity contribution in [3.8, 4) is 0 Å². The van der Waals surface area contributed by atoms with Crippen molar-refractivity contribution < 1.29 is 193 Å². The van der Waals surface area contributed by atoms with Gasteiger partial charge in [0.1, 0.15) is 171 Å². The lowest BCUT2D eigenvalue weighted by molar-refractivity contribution is -0.395. The average molecular weight is 1630 g/mol. The van der Waals surface area contributed by atoms with Gasteiger partial charge >= 0.3 is 5.97 Å². The van der Waals surface area contributed by atoms with E-state index in [4.69, 9.17) is 75.8 Å². The van der Waals surface area contributed by atoms with Crippen LogP contribution in [0.4, 0.5) is 0 Å². The van der Waals surface area contributed by atoms with Gasteiger partial charge in [0.05, 0.1) is 63.9 Å². The molecule has 0 aromatic carbocycles. The molecule has 0 spiro atoms. The summed E-state index contributed by atoms with van der Waals surface area (Å²) in [6.07, 6.45) is -57.7. The van der Waals surface area contributed by atoms with Gasteiger partial charge < -0.3 is 188 Å². The maximum absolute atomic E-state index is 15.3. The summed E-state index contributed by atoms with van der Waals surface area (Å²) in [4.78, 5) is 15.3. The Bertz CT molecular complexity index is 3250. The maximum atomic E-state index is 15.3. The standard InChI is InChI=1S/C74H118O39/c1-26-10-15-74(69(97)113-66-52(93)46(87)43(84)36(106-66)25-101-61-53(94)47(88)57(34(20-76)104-61)109-64-51(92)45(86)40(81)27(2)102-64)17-16-72(6)28(29(74)18-26)8-9-38-71(5)13-12-39(70(3,4)37(71)11-14-73(38,72)7)107-68-60(112-63-50(91)42(83)31(79)23-99-63)56(32(80)24-100-68)108-65-54(95)48(89)58(35(21-77)105-65)110-67-55(96)59(44(85)33(19-75)103-67)111-62-49(90)41(82)30(78)22-98-62/h8,27,29-68,75-96H,1,9-25H2,2-7H3. The third-order valence-electron chi connectivity index (χ3n) is 28.0. The predicted molar refractivity (Wildman–Crippen MR) is 369 cm³/mol. The zero-order valence-electron chi connectivity index (χ0n) is 63.8. The number of allylic oxidation sites excluding steroid dienone is 3. The van der Waals surface area contributed by atoms with Crippen LogP contribution in [0.3, 0.4) is 0 Å². The minimum Gasteiger partial charge on any atom is -0.432 e. The van der Waals surface area contributed by atoms with Gasteiger partial charge in [0.15, 0.2) is 44.0 Å². The summed E-state index contributed by atoms with van der Waals surface area (Å²) < 4.78 is 95.4. The van der Waals surface area contributed by atoms with Crippen molar-refractivity contribution in [3.05, 3.63) is 23.8 Å². The molecule has 0 bridgehead atoms. The Balaban J connectivity index is 0.683. The van der Waals surface area contributed by atoms with Gasteiger partial charge in [0.2, 0.25) is 6.29 Å². The highest BCUT2D eigenvalue weighted by molar-refractivity contribution is 5.79. The Hall–Kier alpha value is -2.53. The molecule has 8 saturated heterocycles. The fourth-order valence-electron chi connectivity index (χ4n) is 21.0. The van der Waals surface area contributed by atoms with Crippen LogP contribution in [-0.4, -0.2) is 398 Å². The van der Waals surface area contributed by atoms with Crippen molar-refractivity contribution in [3.63, 3.8) is 0 Å². The van der Waals surface area contributed by atoms with Crippen LogP contribution in [0.25, 0.3) is 0 Å². The first-order valence-electron chi connectivity index (χ1n) is 39.3. The van der Waals surface area contributed by atoms with Gasteiger partial charge in [-0.3, -0.25) is 4.79 Å². The first kappa shape index (κ1) is 88.3. The molecule has 5 aliphatic carbocycles. The van der Waals surface area contributed by atoms with Gasteiger partial charge in [-0.1, -0.05) is 58.4 Å². The molecule has 12 fully saturated rings. The molecule has 0 amide bonds. The summed E-state index contributed by atoms with van der Waals surface area (Å²) >= 11 is 0. The lowest BCUT2D eigenvalue weighted by Gasteiger charge is -2.71. The number of aliphatic hydroxyl groups excluding tert-OH is 22. The van der Waals surface area contributed by atoms with Crippen molar-refractivity contribution in [1.82, 2.24) is 0 Å². The minimum atomic E-state index is -2.14. The summed E-state index contributed by atoms with van der Waals surface area (Å²) in [5, 5.41) is 241. The Morgan fingerprint density at radius 3 is 1.56 bits per heavy atom. The summed E-state index contributed by atoms with van der Waals surface area (Å²) in [5.41, 5.74) is -1.06. The largest absolute Gasteiger partial charge is 0.432 e. The number of ether oxygens (including phenoxy) is 16. The highest BCUT2D eigenvalue weighted by atomic mass is 16.8. The number of esters is 1. The van der Waals surface area contributed by atoms with Crippen LogP contribution in [-0.2, 0) is 80.6 Å². The van der Waals surface area contributed by atoms with Gasteiger partial charge in [0, 0.05) is 5.92 Å². The highest BCUT2D eigenvalue weighted by Crippen LogP contribution is 2.76. The zero-order valence-corrected chi connectivity index (χ0v) is 63.8. The van der Waals surface area contributed by atoms with E-state index in [2.05, 4.69) is 47.3 Å². The molecular formula is C74H118O39. The van der Waals surface area contributed by atoms with Crippen LogP contribution in [0, 0.1) is 44.8 Å². The summed E-state index contributed by atoms with van der Waals surface area (Å²) in [7, 11) is 0. The van der Waals surface area contributed by atoms with E-state index in [1.54, 1.807) is 0 Å². The second-order valence-electron chi connectivity index (χ2n) is 34.8. The lowest BCUT2D eigenvalue weighted by Crippen LogP contribution is -2.67. The van der Waals surface area contributed by atoms with Crippen LogP contribution in [0.5, 0.6) is 0 Å².